The Morgan fingerprint density at radius 1 is 1.24 bits per heavy atom. The monoisotopic (exact) mass is 538 g/mol. The van der Waals surface area contributed by atoms with Gasteiger partial charge in [0, 0.05) is 26.2 Å². The van der Waals surface area contributed by atoms with Gasteiger partial charge in [0.05, 0.1) is 17.6 Å². The van der Waals surface area contributed by atoms with Crippen LogP contribution in [0.2, 0.25) is 0 Å². The molecule has 0 atom stereocenters. The Morgan fingerprint density at radius 3 is 2.45 bits per heavy atom. The Labute approximate surface area is 190 Å². The van der Waals surface area contributed by atoms with Crippen LogP contribution in [0.3, 0.4) is 0 Å². The van der Waals surface area contributed by atoms with E-state index in [0.29, 0.717) is 32.1 Å². The zero-order chi connectivity index (χ0) is 20.8. The van der Waals surface area contributed by atoms with Crippen molar-refractivity contribution in [3.05, 3.63) is 29.8 Å². The van der Waals surface area contributed by atoms with Crippen LogP contribution >= 0.6 is 24.0 Å². The van der Waals surface area contributed by atoms with Crippen molar-refractivity contribution < 1.29 is 17.9 Å². The number of nitrogens with one attached hydrogen (secondary N) is 2. The minimum absolute atomic E-state index is 0. The highest BCUT2D eigenvalue weighted by atomic mass is 127. The second-order valence-corrected chi connectivity index (χ2v) is 10.0. The van der Waals surface area contributed by atoms with Crippen molar-refractivity contribution in [2.75, 3.05) is 39.0 Å². The standard InChI is InChI=1S/C19H30N4O4S.HI/c1-5-20-18(23-10-11-28(25,26)19(2,3)14-23)22-13-17(24)21-12-15-6-8-16(27-4)9-7-15;/h6-9H,5,10-14H2,1-4H3,(H,20,22)(H,21,24);1H. The molecule has 1 aromatic rings. The van der Waals surface area contributed by atoms with Gasteiger partial charge in [-0.1, -0.05) is 12.1 Å². The van der Waals surface area contributed by atoms with Gasteiger partial charge in [-0.15, -0.1) is 24.0 Å². The molecule has 0 bridgehead atoms. The predicted molar refractivity (Wildman–Crippen MR) is 126 cm³/mol. The Balaban J connectivity index is 0.00000420. The van der Waals surface area contributed by atoms with Gasteiger partial charge in [-0.3, -0.25) is 4.79 Å². The van der Waals surface area contributed by atoms with E-state index in [-0.39, 0.29) is 42.2 Å². The number of aliphatic imine (C=N–C) groups is 1. The average Bonchev–Trinajstić information content (AvgIpc) is 2.66. The van der Waals surface area contributed by atoms with Crippen LogP contribution in [0, 0.1) is 0 Å². The summed E-state index contributed by atoms with van der Waals surface area (Å²) in [6.07, 6.45) is 0. The number of carbonyl (C=O) groups is 1. The van der Waals surface area contributed by atoms with E-state index in [4.69, 9.17) is 4.74 Å². The highest BCUT2D eigenvalue weighted by molar-refractivity contribution is 14.0. The van der Waals surface area contributed by atoms with Crippen molar-refractivity contribution in [2.45, 2.75) is 32.1 Å². The topological polar surface area (TPSA) is 100 Å². The lowest BCUT2D eigenvalue weighted by molar-refractivity contribution is -0.119. The molecule has 1 aliphatic heterocycles. The molecule has 2 rings (SSSR count). The van der Waals surface area contributed by atoms with Gasteiger partial charge in [0.15, 0.2) is 15.8 Å². The lowest BCUT2D eigenvalue weighted by atomic mass is 10.2. The van der Waals surface area contributed by atoms with E-state index in [1.54, 1.807) is 21.0 Å². The third-order valence-electron chi connectivity index (χ3n) is 4.70. The molecule has 0 aliphatic carbocycles. The van der Waals surface area contributed by atoms with E-state index in [2.05, 4.69) is 15.6 Å². The van der Waals surface area contributed by atoms with Crippen LogP contribution in [0.5, 0.6) is 5.75 Å². The van der Waals surface area contributed by atoms with Gasteiger partial charge in [-0.2, -0.15) is 0 Å². The maximum Gasteiger partial charge on any atom is 0.242 e. The molecule has 1 saturated heterocycles. The number of rotatable bonds is 6. The molecule has 0 spiro atoms. The fourth-order valence-electron chi connectivity index (χ4n) is 2.90. The molecular weight excluding hydrogens is 507 g/mol. The predicted octanol–water partition coefficient (Wildman–Crippen LogP) is 1.40. The van der Waals surface area contributed by atoms with Crippen molar-refractivity contribution in [3.8, 4) is 5.75 Å². The van der Waals surface area contributed by atoms with Crippen LogP contribution in [-0.4, -0.2) is 69.0 Å². The average molecular weight is 538 g/mol. The second kappa shape index (κ2) is 11.0. The highest BCUT2D eigenvalue weighted by Gasteiger charge is 2.40. The zero-order valence-electron chi connectivity index (χ0n) is 17.4. The number of sulfone groups is 1. The number of benzene rings is 1. The summed E-state index contributed by atoms with van der Waals surface area (Å²) >= 11 is 0. The fraction of sp³-hybridized carbons (Fsp3) is 0.579. The Kier molecular flexibility index (Phi) is 9.66. The molecule has 1 heterocycles. The van der Waals surface area contributed by atoms with Gasteiger partial charge in [0.2, 0.25) is 5.91 Å². The molecular formula is C19H31IN4O4S. The molecule has 0 radical (unpaired) electrons. The first-order valence-corrected chi connectivity index (χ1v) is 11.0. The van der Waals surface area contributed by atoms with E-state index in [0.717, 1.165) is 11.3 Å². The number of halogens is 1. The zero-order valence-corrected chi connectivity index (χ0v) is 20.5. The van der Waals surface area contributed by atoms with E-state index >= 15 is 0 Å². The van der Waals surface area contributed by atoms with E-state index in [9.17, 15) is 13.2 Å². The largest absolute Gasteiger partial charge is 0.497 e. The molecule has 0 saturated carbocycles. The number of methoxy groups -OCH3 is 1. The molecule has 0 unspecified atom stereocenters. The number of carbonyl (C=O) groups excluding carboxylic acids is 1. The van der Waals surface area contributed by atoms with Crippen molar-refractivity contribution in [1.29, 1.82) is 0 Å². The van der Waals surface area contributed by atoms with Crippen molar-refractivity contribution in [1.82, 2.24) is 15.5 Å². The summed E-state index contributed by atoms with van der Waals surface area (Å²) in [6, 6.07) is 7.47. The number of hydrogen-bond acceptors (Lipinski definition) is 5. The van der Waals surface area contributed by atoms with Crippen LogP contribution in [0.15, 0.2) is 29.3 Å². The third kappa shape index (κ3) is 7.02. The smallest absolute Gasteiger partial charge is 0.242 e. The molecule has 1 aromatic carbocycles. The summed E-state index contributed by atoms with van der Waals surface area (Å²) in [5, 5.41) is 5.98. The van der Waals surface area contributed by atoms with Crippen LogP contribution in [0.25, 0.3) is 0 Å². The highest BCUT2D eigenvalue weighted by Crippen LogP contribution is 2.23. The summed E-state index contributed by atoms with van der Waals surface area (Å²) in [5.41, 5.74) is 0.966. The number of amides is 1. The normalized spacial score (nSPS) is 17.8. The number of hydrogen-bond donors (Lipinski definition) is 2. The summed E-state index contributed by atoms with van der Waals surface area (Å²) in [5.74, 6) is 1.20. The molecule has 29 heavy (non-hydrogen) atoms. The van der Waals surface area contributed by atoms with Crippen LogP contribution in [0.1, 0.15) is 26.3 Å². The van der Waals surface area contributed by atoms with Gasteiger partial charge in [0.1, 0.15) is 12.3 Å². The molecule has 10 heteroatoms. The summed E-state index contributed by atoms with van der Waals surface area (Å²) < 4.78 is 28.7. The molecule has 1 amide bonds. The van der Waals surface area contributed by atoms with Crippen molar-refractivity contribution in [2.24, 2.45) is 4.99 Å². The summed E-state index contributed by atoms with van der Waals surface area (Å²) in [6.45, 7) is 7.10. The van der Waals surface area contributed by atoms with Crippen LogP contribution < -0.4 is 15.4 Å². The quantitative estimate of drug-likeness (QED) is 0.323. The first-order chi connectivity index (χ1) is 13.2. The van der Waals surface area contributed by atoms with Crippen LogP contribution in [-0.2, 0) is 21.2 Å². The Morgan fingerprint density at radius 2 is 1.90 bits per heavy atom. The summed E-state index contributed by atoms with van der Waals surface area (Å²) in [7, 11) is -1.52. The van der Waals surface area contributed by atoms with E-state index in [1.165, 1.54) is 0 Å². The van der Waals surface area contributed by atoms with Crippen molar-refractivity contribution >= 4 is 45.7 Å². The van der Waals surface area contributed by atoms with E-state index < -0.39 is 14.6 Å². The van der Waals surface area contributed by atoms with Gasteiger partial charge in [-0.25, -0.2) is 13.4 Å². The molecule has 1 fully saturated rings. The summed E-state index contributed by atoms with van der Waals surface area (Å²) in [4.78, 5) is 18.5. The number of guanidine groups is 1. The van der Waals surface area contributed by atoms with E-state index in [1.807, 2.05) is 36.1 Å². The lowest BCUT2D eigenvalue weighted by Gasteiger charge is -2.39. The maximum absolute atomic E-state index is 12.2. The molecule has 0 aromatic heterocycles. The first kappa shape index (κ1) is 25.5. The molecule has 2 N–H and O–H groups in total. The second-order valence-electron chi connectivity index (χ2n) is 7.30. The van der Waals surface area contributed by atoms with Crippen LogP contribution in [0.4, 0.5) is 0 Å². The Hall–Kier alpha value is -1.56. The maximum atomic E-state index is 12.2. The van der Waals surface area contributed by atoms with Gasteiger partial charge < -0.3 is 20.3 Å². The van der Waals surface area contributed by atoms with Crippen molar-refractivity contribution in [3.63, 3.8) is 0 Å². The molecule has 1 aliphatic rings. The van der Waals surface area contributed by atoms with Gasteiger partial charge in [0.25, 0.3) is 0 Å². The minimum atomic E-state index is -3.13. The SMILES string of the molecule is CCNC(=NCC(=O)NCc1ccc(OC)cc1)N1CCS(=O)(=O)C(C)(C)C1.I. The minimum Gasteiger partial charge on any atom is -0.497 e. The molecule has 164 valence electrons. The fourth-order valence-corrected chi connectivity index (χ4v) is 4.26. The van der Waals surface area contributed by atoms with Gasteiger partial charge >= 0.3 is 0 Å². The number of nitrogens with zero attached hydrogens (tertiary/aromatic N) is 2. The molecule has 8 nitrogen and oxygen atoms in total. The first-order valence-electron chi connectivity index (χ1n) is 9.33. The van der Waals surface area contributed by atoms with Gasteiger partial charge in [-0.05, 0) is 38.5 Å². The number of ether oxygens (including phenoxy) is 1. The lowest BCUT2D eigenvalue weighted by Crippen LogP contribution is -2.57. The Bertz CT molecular complexity index is 810. The third-order valence-corrected chi connectivity index (χ3v) is 7.23.